The highest BCUT2D eigenvalue weighted by molar-refractivity contribution is 6.09. The monoisotopic (exact) mass is 552 g/mol. The van der Waals surface area contributed by atoms with Crippen LogP contribution in [0, 0.1) is 5.92 Å². The summed E-state index contributed by atoms with van der Waals surface area (Å²) >= 11 is 0. The fraction of sp³-hybridized carbons (Fsp3) is 0.163. The summed E-state index contributed by atoms with van der Waals surface area (Å²) in [5, 5.41) is 5.19. The van der Waals surface area contributed by atoms with Crippen molar-refractivity contribution in [3.05, 3.63) is 156 Å². The van der Waals surface area contributed by atoms with Gasteiger partial charge < -0.3 is 0 Å². The molecule has 0 amide bonds. The highest BCUT2D eigenvalue weighted by Crippen LogP contribution is 2.51. The van der Waals surface area contributed by atoms with Crippen LogP contribution in [0.4, 0.5) is 0 Å². The van der Waals surface area contributed by atoms with Crippen LogP contribution in [0.5, 0.6) is 0 Å². The lowest BCUT2D eigenvalue weighted by molar-refractivity contribution is 0.534. The molecular formula is C43H36. The summed E-state index contributed by atoms with van der Waals surface area (Å²) in [6.45, 7) is 7.11. The molecule has 8 rings (SSSR count). The van der Waals surface area contributed by atoms with E-state index in [1.54, 1.807) is 0 Å². The van der Waals surface area contributed by atoms with E-state index in [-0.39, 0.29) is 5.41 Å². The van der Waals surface area contributed by atoms with Gasteiger partial charge in [-0.2, -0.15) is 0 Å². The van der Waals surface area contributed by atoms with Gasteiger partial charge in [-0.15, -0.1) is 0 Å². The normalized spacial score (nSPS) is 18.5. The number of hydrogen-bond donors (Lipinski definition) is 0. The first-order chi connectivity index (χ1) is 21.0. The lowest BCUT2D eigenvalue weighted by Gasteiger charge is -2.23. The van der Waals surface area contributed by atoms with Crippen LogP contribution in [0.3, 0.4) is 0 Å². The maximum absolute atomic E-state index is 2.50. The van der Waals surface area contributed by atoms with Crippen LogP contribution >= 0.6 is 0 Å². The van der Waals surface area contributed by atoms with Crippen LogP contribution < -0.4 is 0 Å². The van der Waals surface area contributed by atoms with Crippen molar-refractivity contribution in [2.24, 2.45) is 5.92 Å². The van der Waals surface area contributed by atoms with Crippen LogP contribution in [0.1, 0.15) is 49.8 Å². The number of benzene rings is 6. The van der Waals surface area contributed by atoms with Crippen molar-refractivity contribution in [1.82, 2.24) is 0 Å². The highest BCUT2D eigenvalue weighted by atomic mass is 14.4. The molecule has 208 valence electrons. The van der Waals surface area contributed by atoms with Gasteiger partial charge in [0.25, 0.3) is 0 Å². The van der Waals surface area contributed by atoms with Gasteiger partial charge in [-0.3, -0.25) is 0 Å². The van der Waals surface area contributed by atoms with Crippen molar-refractivity contribution >= 4 is 21.5 Å². The quantitative estimate of drug-likeness (QED) is 0.205. The number of rotatable bonds is 3. The molecule has 0 heterocycles. The molecular weight excluding hydrogens is 516 g/mol. The molecule has 0 nitrogen and oxygen atoms in total. The van der Waals surface area contributed by atoms with E-state index >= 15 is 0 Å². The predicted octanol–water partition coefficient (Wildman–Crippen LogP) is 11.9. The Hall–Kier alpha value is -4.68. The molecule has 0 spiro atoms. The molecule has 0 fully saturated rings. The standard InChI is InChI=1S/C43H36/c1-28-11-5-4-6-14-34(28)30-18-20-31(21-19-30)35-23-24-36(33-22-17-29-12-7-8-13-32(29)25-33)38-26-40-37-15-9-10-16-41(37)43(2,3)42(40)27-39(35)38/h4-10,12-28,34H,11H2,1-3H3. The lowest BCUT2D eigenvalue weighted by atomic mass is 9.80. The van der Waals surface area contributed by atoms with Crippen LogP contribution in [-0.2, 0) is 5.41 Å². The Balaban J connectivity index is 1.33. The topological polar surface area (TPSA) is 0 Å². The summed E-state index contributed by atoms with van der Waals surface area (Å²) in [4.78, 5) is 0. The van der Waals surface area contributed by atoms with Crippen molar-refractivity contribution in [3.63, 3.8) is 0 Å². The first-order valence-corrected chi connectivity index (χ1v) is 15.6. The van der Waals surface area contributed by atoms with E-state index in [0.29, 0.717) is 11.8 Å². The van der Waals surface area contributed by atoms with Crippen molar-refractivity contribution in [1.29, 1.82) is 0 Å². The minimum Gasteiger partial charge on any atom is -0.0842 e. The van der Waals surface area contributed by atoms with Gasteiger partial charge in [0.2, 0.25) is 0 Å². The van der Waals surface area contributed by atoms with Crippen LogP contribution in [0.2, 0.25) is 0 Å². The third kappa shape index (κ3) is 4.20. The molecule has 0 saturated carbocycles. The predicted molar refractivity (Wildman–Crippen MR) is 185 cm³/mol. The smallest absolute Gasteiger partial charge is 0.0159 e. The van der Waals surface area contributed by atoms with Gasteiger partial charge >= 0.3 is 0 Å². The minimum absolute atomic E-state index is 0.0454. The largest absolute Gasteiger partial charge is 0.0842 e. The molecule has 6 aromatic carbocycles. The fourth-order valence-electron chi connectivity index (χ4n) is 7.62. The lowest BCUT2D eigenvalue weighted by Crippen LogP contribution is -2.14. The second kappa shape index (κ2) is 9.96. The van der Waals surface area contributed by atoms with E-state index in [1.807, 2.05) is 0 Å². The van der Waals surface area contributed by atoms with Crippen molar-refractivity contribution in [2.45, 2.75) is 38.5 Å². The van der Waals surface area contributed by atoms with E-state index in [4.69, 9.17) is 0 Å². The number of fused-ring (bicyclic) bond motifs is 5. The summed E-state index contributed by atoms with van der Waals surface area (Å²) in [6, 6.07) is 43.6. The molecule has 0 radical (unpaired) electrons. The van der Waals surface area contributed by atoms with Crippen LogP contribution in [-0.4, -0.2) is 0 Å². The van der Waals surface area contributed by atoms with E-state index in [9.17, 15) is 0 Å². The van der Waals surface area contributed by atoms with Crippen molar-refractivity contribution in [2.75, 3.05) is 0 Å². The molecule has 43 heavy (non-hydrogen) atoms. The Morgan fingerprint density at radius 1 is 0.558 bits per heavy atom. The molecule has 0 aromatic heterocycles. The van der Waals surface area contributed by atoms with Crippen molar-refractivity contribution < 1.29 is 0 Å². The summed E-state index contributed by atoms with van der Waals surface area (Å²) in [6.07, 6.45) is 10.2. The molecule has 0 saturated heterocycles. The van der Waals surface area contributed by atoms with Crippen molar-refractivity contribution in [3.8, 4) is 33.4 Å². The van der Waals surface area contributed by atoms with E-state index < -0.39 is 0 Å². The minimum atomic E-state index is -0.0454. The second-order valence-electron chi connectivity index (χ2n) is 13.0. The highest BCUT2D eigenvalue weighted by Gasteiger charge is 2.35. The number of hydrogen-bond acceptors (Lipinski definition) is 0. The maximum Gasteiger partial charge on any atom is 0.0159 e. The van der Waals surface area contributed by atoms with Crippen LogP contribution in [0.25, 0.3) is 54.9 Å². The zero-order chi connectivity index (χ0) is 29.1. The Kier molecular flexibility index (Phi) is 6.02. The van der Waals surface area contributed by atoms with Gasteiger partial charge in [0.1, 0.15) is 0 Å². The number of allylic oxidation sites excluding steroid dienone is 4. The third-order valence-electron chi connectivity index (χ3n) is 10.1. The molecule has 0 bridgehead atoms. The van der Waals surface area contributed by atoms with Gasteiger partial charge in [-0.1, -0.05) is 142 Å². The second-order valence-corrected chi connectivity index (χ2v) is 13.0. The Bertz CT molecular complexity index is 2080. The molecule has 2 aliphatic rings. The molecule has 6 aromatic rings. The van der Waals surface area contributed by atoms with E-state index in [1.165, 1.54) is 71.6 Å². The van der Waals surface area contributed by atoms with Gasteiger partial charge in [0.15, 0.2) is 0 Å². The molecule has 2 atom stereocenters. The Labute approximate surface area is 255 Å². The van der Waals surface area contributed by atoms with E-state index in [0.717, 1.165) is 6.42 Å². The summed E-state index contributed by atoms with van der Waals surface area (Å²) in [7, 11) is 0. The molecule has 0 heteroatoms. The maximum atomic E-state index is 2.50. The van der Waals surface area contributed by atoms with Crippen LogP contribution in [0.15, 0.2) is 140 Å². The molecule has 0 aliphatic heterocycles. The Morgan fingerprint density at radius 2 is 1.26 bits per heavy atom. The van der Waals surface area contributed by atoms with E-state index in [2.05, 4.69) is 160 Å². The fourth-order valence-corrected chi connectivity index (χ4v) is 7.62. The molecule has 2 unspecified atom stereocenters. The zero-order valence-corrected chi connectivity index (χ0v) is 25.1. The average Bonchev–Trinajstić information content (AvgIpc) is 3.15. The summed E-state index contributed by atoms with van der Waals surface area (Å²) in [5.74, 6) is 1.04. The van der Waals surface area contributed by atoms with Gasteiger partial charge in [0.05, 0.1) is 0 Å². The van der Waals surface area contributed by atoms with Gasteiger partial charge in [-0.05, 0) is 102 Å². The zero-order valence-electron chi connectivity index (χ0n) is 25.1. The average molecular weight is 553 g/mol. The first-order valence-electron chi connectivity index (χ1n) is 15.6. The Morgan fingerprint density at radius 3 is 2.09 bits per heavy atom. The van der Waals surface area contributed by atoms with Gasteiger partial charge in [-0.25, -0.2) is 0 Å². The van der Waals surface area contributed by atoms with Gasteiger partial charge in [0, 0.05) is 11.3 Å². The molecule has 0 N–H and O–H groups in total. The first kappa shape index (κ1) is 26.0. The third-order valence-corrected chi connectivity index (χ3v) is 10.1. The summed E-state index contributed by atoms with van der Waals surface area (Å²) in [5.41, 5.74) is 12.0. The SMILES string of the molecule is CC1CC=CC=CC1c1ccc(-c2ccc(-c3ccc4ccccc4c3)c3cc4c(cc23)C(C)(C)c2ccccc2-4)cc1. The summed E-state index contributed by atoms with van der Waals surface area (Å²) < 4.78 is 0. The molecule has 2 aliphatic carbocycles.